The minimum absolute atomic E-state index is 0.345. The van der Waals surface area contributed by atoms with Gasteiger partial charge >= 0.3 is 0 Å². The minimum atomic E-state index is 0.345. The Balaban J connectivity index is 1.76. The Kier molecular flexibility index (Phi) is 4.20. The molecule has 1 unspecified atom stereocenters. The summed E-state index contributed by atoms with van der Waals surface area (Å²) in [7, 11) is 0. The Morgan fingerprint density at radius 2 is 2.00 bits per heavy atom. The van der Waals surface area contributed by atoms with Crippen molar-refractivity contribution in [1.29, 1.82) is 0 Å². The van der Waals surface area contributed by atoms with Gasteiger partial charge in [0.05, 0.1) is 16.1 Å². The van der Waals surface area contributed by atoms with Crippen molar-refractivity contribution in [3.8, 4) is 0 Å². The molecule has 0 amide bonds. The number of halogens is 1. The molecule has 0 radical (unpaired) electrons. The van der Waals surface area contributed by atoms with Gasteiger partial charge < -0.3 is 5.32 Å². The van der Waals surface area contributed by atoms with E-state index in [0.29, 0.717) is 10.4 Å². The van der Waals surface area contributed by atoms with Crippen molar-refractivity contribution >= 4 is 44.7 Å². The van der Waals surface area contributed by atoms with E-state index in [1.165, 1.54) is 22.2 Å². The monoisotopic (exact) mass is 371 g/mol. The Morgan fingerprint density at radius 3 is 2.76 bits per heavy atom. The molecule has 1 atom stereocenters. The number of aryl methyl sites for hydroxylation is 1. The zero-order valence-corrected chi connectivity index (χ0v) is 16.3. The van der Waals surface area contributed by atoms with Crippen LogP contribution >= 0.6 is 22.9 Å². The average molecular weight is 372 g/mol. The van der Waals surface area contributed by atoms with Crippen LogP contribution in [0.4, 0.5) is 11.5 Å². The lowest BCUT2D eigenvalue weighted by molar-refractivity contribution is 0.218. The molecule has 25 heavy (non-hydrogen) atoms. The maximum Gasteiger partial charge on any atom is 0.142 e. The number of nitrogens with one attached hydrogen (secondary N) is 1. The summed E-state index contributed by atoms with van der Waals surface area (Å²) in [6, 6.07) is 7.77. The van der Waals surface area contributed by atoms with E-state index in [9.17, 15) is 0 Å². The van der Waals surface area contributed by atoms with E-state index in [1.54, 1.807) is 6.33 Å². The van der Waals surface area contributed by atoms with Gasteiger partial charge in [0.25, 0.3) is 0 Å². The third-order valence-corrected chi connectivity index (χ3v) is 6.69. The quantitative estimate of drug-likeness (QED) is 0.579. The molecule has 2 aromatic heterocycles. The number of anilines is 2. The molecule has 0 spiro atoms. The molecule has 3 aromatic rings. The second kappa shape index (κ2) is 6.26. The molecule has 1 aliphatic carbocycles. The van der Waals surface area contributed by atoms with Gasteiger partial charge in [-0.15, -0.1) is 11.3 Å². The zero-order chi connectivity index (χ0) is 17.6. The first-order valence-electron chi connectivity index (χ1n) is 8.70. The summed E-state index contributed by atoms with van der Waals surface area (Å²) in [4.78, 5) is 11.6. The number of fused-ring (bicyclic) bond motifs is 3. The first-order chi connectivity index (χ1) is 11.9. The number of thiophene rings is 1. The lowest BCUT2D eigenvalue weighted by Gasteiger charge is -2.33. The fourth-order valence-electron chi connectivity index (χ4n) is 3.63. The normalized spacial score (nSPS) is 17.5. The van der Waals surface area contributed by atoms with Gasteiger partial charge in [0, 0.05) is 4.88 Å². The van der Waals surface area contributed by atoms with Crippen molar-refractivity contribution in [2.45, 2.75) is 40.0 Å². The topological polar surface area (TPSA) is 37.8 Å². The first kappa shape index (κ1) is 16.8. The highest BCUT2D eigenvalue weighted by Crippen LogP contribution is 2.44. The van der Waals surface area contributed by atoms with E-state index < -0.39 is 0 Å². The molecule has 1 N–H and O–H groups in total. The molecule has 5 heteroatoms. The summed E-state index contributed by atoms with van der Waals surface area (Å²) in [5, 5.41) is 5.29. The maximum absolute atomic E-state index is 6.31. The molecule has 2 heterocycles. The number of rotatable bonds is 2. The van der Waals surface area contributed by atoms with E-state index >= 15 is 0 Å². The molecule has 3 nitrogen and oxygen atoms in total. The van der Waals surface area contributed by atoms with Crippen molar-refractivity contribution < 1.29 is 0 Å². The summed E-state index contributed by atoms with van der Waals surface area (Å²) in [6.07, 6.45) is 5.11. The molecule has 4 rings (SSSR count). The predicted molar refractivity (Wildman–Crippen MR) is 107 cm³/mol. The van der Waals surface area contributed by atoms with Crippen molar-refractivity contribution in [3.63, 3.8) is 0 Å². The summed E-state index contributed by atoms with van der Waals surface area (Å²) in [6.45, 7) is 7.04. The van der Waals surface area contributed by atoms with Gasteiger partial charge in [-0.25, -0.2) is 9.97 Å². The fraction of sp³-hybridized carbons (Fsp3) is 0.400. The van der Waals surface area contributed by atoms with Crippen LogP contribution in [0.3, 0.4) is 0 Å². The predicted octanol–water partition coefficient (Wildman–Crippen LogP) is 6.24. The van der Waals surface area contributed by atoms with Crippen molar-refractivity contribution in [2.24, 2.45) is 11.3 Å². The second-order valence-electron chi connectivity index (χ2n) is 7.82. The van der Waals surface area contributed by atoms with Gasteiger partial charge in [-0.05, 0) is 48.3 Å². The van der Waals surface area contributed by atoms with Gasteiger partial charge in [-0.1, -0.05) is 44.5 Å². The van der Waals surface area contributed by atoms with Crippen LogP contribution in [0.5, 0.6) is 0 Å². The zero-order valence-electron chi connectivity index (χ0n) is 14.8. The Morgan fingerprint density at radius 1 is 1.20 bits per heavy atom. The highest BCUT2D eigenvalue weighted by molar-refractivity contribution is 7.19. The summed E-state index contributed by atoms with van der Waals surface area (Å²) >= 11 is 8.13. The number of para-hydroxylation sites is 1. The van der Waals surface area contributed by atoms with Gasteiger partial charge in [-0.3, -0.25) is 0 Å². The molecule has 0 fully saturated rings. The van der Waals surface area contributed by atoms with Crippen LogP contribution in [-0.2, 0) is 12.8 Å². The average Bonchev–Trinajstić information content (AvgIpc) is 2.94. The lowest BCUT2D eigenvalue weighted by Crippen LogP contribution is -2.26. The van der Waals surface area contributed by atoms with Crippen LogP contribution in [0.25, 0.3) is 10.2 Å². The van der Waals surface area contributed by atoms with Crippen LogP contribution in [0, 0.1) is 11.3 Å². The Labute approximate surface area is 157 Å². The number of hydrogen-bond donors (Lipinski definition) is 1. The minimum Gasteiger partial charge on any atom is -0.338 e. The molecule has 1 aliphatic rings. The van der Waals surface area contributed by atoms with Crippen LogP contribution in [-0.4, -0.2) is 9.97 Å². The molecule has 130 valence electrons. The Hall–Kier alpha value is -1.65. The summed E-state index contributed by atoms with van der Waals surface area (Å²) < 4.78 is 0. The molecule has 0 aliphatic heterocycles. The van der Waals surface area contributed by atoms with Crippen molar-refractivity contribution in [1.82, 2.24) is 9.97 Å². The SMILES string of the molecule is CC(C)(C)C1CCc2c(sc3ncnc(Nc4ccccc4Cl)c23)C1. The van der Waals surface area contributed by atoms with E-state index in [2.05, 4.69) is 36.1 Å². The number of nitrogens with zero attached hydrogens (tertiary/aromatic N) is 2. The van der Waals surface area contributed by atoms with Gasteiger partial charge in [0.2, 0.25) is 0 Å². The van der Waals surface area contributed by atoms with Gasteiger partial charge in [-0.2, -0.15) is 0 Å². The highest BCUT2D eigenvalue weighted by Gasteiger charge is 2.31. The maximum atomic E-state index is 6.31. The third kappa shape index (κ3) is 3.13. The van der Waals surface area contributed by atoms with Crippen LogP contribution in [0.2, 0.25) is 5.02 Å². The smallest absolute Gasteiger partial charge is 0.142 e. The number of benzene rings is 1. The number of hydrogen-bond acceptors (Lipinski definition) is 4. The van der Waals surface area contributed by atoms with Gasteiger partial charge in [0.1, 0.15) is 17.0 Å². The molecular formula is C20H22ClN3S. The standard InChI is InChI=1S/C20H22ClN3S/c1-20(2,3)12-8-9-13-16(10-12)25-19-17(13)18(22-11-23-19)24-15-7-5-4-6-14(15)21/h4-7,11-12H,8-10H2,1-3H3,(H,22,23,24). The highest BCUT2D eigenvalue weighted by atomic mass is 35.5. The van der Waals surface area contributed by atoms with Crippen LogP contribution in [0.15, 0.2) is 30.6 Å². The van der Waals surface area contributed by atoms with Gasteiger partial charge in [0.15, 0.2) is 0 Å². The first-order valence-corrected chi connectivity index (χ1v) is 9.89. The summed E-state index contributed by atoms with van der Waals surface area (Å²) in [5.41, 5.74) is 2.65. The van der Waals surface area contributed by atoms with E-state index in [4.69, 9.17) is 11.6 Å². The lowest BCUT2D eigenvalue weighted by atomic mass is 9.72. The fourth-order valence-corrected chi connectivity index (χ4v) is 5.08. The molecule has 0 saturated heterocycles. The third-order valence-electron chi connectivity index (χ3n) is 5.20. The number of aromatic nitrogens is 2. The van der Waals surface area contributed by atoms with Crippen LogP contribution < -0.4 is 5.32 Å². The van der Waals surface area contributed by atoms with E-state index in [1.807, 2.05) is 35.6 Å². The van der Waals surface area contributed by atoms with Crippen molar-refractivity contribution in [3.05, 3.63) is 46.1 Å². The molecule has 1 aromatic carbocycles. The molecular weight excluding hydrogens is 350 g/mol. The van der Waals surface area contributed by atoms with Crippen LogP contribution in [0.1, 0.15) is 37.6 Å². The summed E-state index contributed by atoms with van der Waals surface area (Å²) in [5.74, 6) is 1.59. The second-order valence-corrected chi connectivity index (χ2v) is 9.31. The molecule has 0 bridgehead atoms. The molecule has 0 saturated carbocycles. The van der Waals surface area contributed by atoms with E-state index in [0.717, 1.165) is 35.1 Å². The van der Waals surface area contributed by atoms with Crippen molar-refractivity contribution in [2.75, 3.05) is 5.32 Å². The Bertz CT molecular complexity index is 926. The van der Waals surface area contributed by atoms with E-state index in [-0.39, 0.29) is 0 Å². The largest absolute Gasteiger partial charge is 0.338 e.